The van der Waals surface area contributed by atoms with E-state index >= 15 is 0 Å². The molecule has 0 saturated heterocycles. The second-order valence-corrected chi connectivity index (χ2v) is 7.08. The van der Waals surface area contributed by atoms with Crippen LogP contribution in [0.1, 0.15) is 19.4 Å². The van der Waals surface area contributed by atoms with Gasteiger partial charge in [-0.25, -0.2) is 4.99 Å². The predicted molar refractivity (Wildman–Crippen MR) is 107 cm³/mol. The Bertz CT molecular complexity index is 895. The fourth-order valence-electron chi connectivity index (χ4n) is 2.77. The molecule has 0 fully saturated rings. The third-order valence-electron chi connectivity index (χ3n) is 3.91. The van der Waals surface area contributed by atoms with Crippen molar-refractivity contribution in [3.63, 3.8) is 0 Å². The van der Waals surface area contributed by atoms with Crippen LogP contribution >= 0.6 is 23.2 Å². The summed E-state index contributed by atoms with van der Waals surface area (Å²) in [5, 5.41) is 1.09. The summed E-state index contributed by atoms with van der Waals surface area (Å²) >= 11 is 12.5. The fraction of sp³-hybridized carbons (Fsp3) is 0.222. The van der Waals surface area contributed by atoms with Gasteiger partial charge in [0, 0.05) is 16.3 Å². The Morgan fingerprint density at radius 2 is 1.81 bits per heavy atom. The number of nitrogens with two attached hydrogens (primary N) is 2. The Kier molecular flexibility index (Phi) is 4.98. The topological polar surface area (TPSA) is 89.2 Å². The van der Waals surface area contributed by atoms with E-state index in [0.29, 0.717) is 22.4 Å². The summed E-state index contributed by atoms with van der Waals surface area (Å²) in [6.07, 6.45) is 0. The maximum atomic E-state index is 6.40. The first kappa shape index (κ1) is 18.4. The van der Waals surface area contributed by atoms with Crippen LogP contribution in [0.15, 0.2) is 52.4 Å². The molecule has 1 aliphatic rings. The SMILES string of the molecule is CC1(C)N=C(N)N=C(N)N1c1ccc(OCc2ccccc2Cl)c(Cl)c1. The minimum atomic E-state index is -0.681. The zero-order valence-corrected chi connectivity index (χ0v) is 15.9. The molecule has 0 atom stereocenters. The van der Waals surface area contributed by atoms with E-state index in [-0.39, 0.29) is 11.9 Å². The highest BCUT2D eigenvalue weighted by molar-refractivity contribution is 6.32. The summed E-state index contributed by atoms with van der Waals surface area (Å²) in [6.45, 7) is 4.09. The molecule has 4 N–H and O–H groups in total. The van der Waals surface area contributed by atoms with Crippen LogP contribution in [0.4, 0.5) is 5.69 Å². The van der Waals surface area contributed by atoms with Crippen molar-refractivity contribution in [2.24, 2.45) is 21.5 Å². The van der Waals surface area contributed by atoms with Crippen LogP contribution < -0.4 is 21.1 Å². The van der Waals surface area contributed by atoms with E-state index in [1.165, 1.54) is 0 Å². The van der Waals surface area contributed by atoms with Crippen LogP contribution in [0.25, 0.3) is 0 Å². The molecule has 0 aromatic heterocycles. The number of ether oxygens (including phenoxy) is 1. The molecule has 3 rings (SSSR count). The highest BCUT2D eigenvalue weighted by Crippen LogP contribution is 2.34. The lowest BCUT2D eigenvalue weighted by Crippen LogP contribution is -2.54. The summed E-state index contributed by atoms with van der Waals surface area (Å²) in [7, 11) is 0. The van der Waals surface area contributed by atoms with E-state index in [0.717, 1.165) is 11.3 Å². The van der Waals surface area contributed by atoms with Gasteiger partial charge in [0.15, 0.2) is 0 Å². The number of halogens is 2. The van der Waals surface area contributed by atoms with Gasteiger partial charge in [0.2, 0.25) is 11.9 Å². The maximum Gasteiger partial charge on any atom is 0.220 e. The lowest BCUT2D eigenvalue weighted by atomic mass is 10.1. The molecule has 6 nitrogen and oxygen atoms in total. The normalized spacial score (nSPS) is 16.1. The van der Waals surface area contributed by atoms with Crippen LogP contribution in [0.5, 0.6) is 5.75 Å². The van der Waals surface area contributed by atoms with Crippen LogP contribution in [0.2, 0.25) is 10.0 Å². The molecule has 0 saturated carbocycles. The number of nitrogens with zero attached hydrogens (tertiary/aromatic N) is 3. The lowest BCUT2D eigenvalue weighted by Gasteiger charge is -2.38. The van der Waals surface area contributed by atoms with E-state index in [1.54, 1.807) is 17.0 Å². The Morgan fingerprint density at radius 1 is 1.08 bits per heavy atom. The van der Waals surface area contributed by atoms with Gasteiger partial charge >= 0.3 is 0 Å². The van der Waals surface area contributed by atoms with E-state index in [2.05, 4.69) is 9.98 Å². The molecule has 136 valence electrons. The number of hydrogen-bond acceptors (Lipinski definition) is 6. The van der Waals surface area contributed by atoms with Gasteiger partial charge in [-0.3, -0.25) is 4.90 Å². The third kappa shape index (κ3) is 3.71. The van der Waals surface area contributed by atoms with Gasteiger partial charge in [0.1, 0.15) is 18.0 Å². The monoisotopic (exact) mass is 391 g/mol. The Balaban J connectivity index is 1.82. The van der Waals surface area contributed by atoms with Crippen LogP contribution in [0, 0.1) is 0 Å². The molecule has 0 unspecified atom stereocenters. The summed E-state index contributed by atoms with van der Waals surface area (Å²) in [6, 6.07) is 12.9. The standard InChI is InChI=1S/C18H19Cl2N5O/c1-18(2)24-16(21)23-17(22)25(18)12-7-8-15(14(20)9-12)26-10-11-5-3-4-6-13(11)19/h3-9H,10H2,1-2H3,(H4,21,22,23,24). The maximum absolute atomic E-state index is 6.40. The number of anilines is 1. The summed E-state index contributed by atoms with van der Waals surface area (Å²) in [4.78, 5) is 10.1. The second-order valence-electron chi connectivity index (χ2n) is 6.26. The van der Waals surface area contributed by atoms with Crippen molar-refractivity contribution >= 4 is 40.8 Å². The molecule has 0 bridgehead atoms. The molecule has 26 heavy (non-hydrogen) atoms. The molecule has 0 radical (unpaired) electrons. The molecule has 1 heterocycles. The summed E-state index contributed by atoms with van der Waals surface area (Å²) in [5.74, 6) is 0.946. The van der Waals surface area contributed by atoms with Gasteiger partial charge < -0.3 is 16.2 Å². The molecule has 0 aliphatic carbocycles. The van der Waals surface area contributed by atoms with Crippen LogP contribution in [-0.2, 0) is 6.61 Å². The van der Waals surface area contributed by atoms with Gasteiger partial charge in [0.25, 0.3) is 0 Å². The van der Waals surface area contributed by atoms with Crippen molar-refractivity contribution in [2.75, 3.05) is 4.90 Å². The second kappa shape index (κ2) is 7.05. The highest BCUT2D eigenvalue weighted by atomic mass is 35.5. The summed E-state index contributed by atoms with van der Waals surface area (Å²) < 4.78 is 5.80. The third-order valence-corrected chi connectivity index (χ3v) is 4.57. The van der Waals surface area contributed by atoms with Gasteiger partial charge in [-0.2, -0.15) is 4.99 Å². The quantitative estimate of drug-likeness (QED) is 0.829. The smallest absolute Gasteiger partial charge is 0.220 e. The number of hydrogen-bond donors (Lipinski definition) is 2. The van der Waals surface area contributed by atoms with Crippen molar-refractivity contribution < 1.29 is 4.74 Å². The highest BCUT2D eigenvalue weighted by Gasteiger charge is 2.33. The predicted octanol–water partition coefficient (Wildman–Crippen LogP) is 3.76. The largest absolute Gasteiger partial charge is 0.487 e. The number of aliphatic imine (C=N–C) groups is 2. The molecule has 2 aromatic carbocycles. The van der Waals surface area contributed by atoms with Crippen LogP contribution in [-0.4, -0.2) is 17.6 Å². The first-order valence-electron chi connectivity index (χ1n) is 7.93. The van der Waals surface area contributed by atoms with Crippen molar-refractivity contribution in [1.82, 2.24) is 0 Å². The van der Waals surface area contributed by atoms with Crippen molar-refractivity contribution in [2.45, 2.75) is 26.1 Å². The lowest BCUT2D eigenvalue weighted by molar-refractivity contribution is 0.306. The Hall–Kier alpha value is -2.44. The zero-order valence-electron chi connectivity index (χ0n) is 14.4. The van der Waals surface area contributed by atoms with E-state index in [9.17, 15) is 0 Å². The van der Waals surface area contributed by atoms with Gasteiger partial charge in [0.05, 0.1) is 5.02 Å². The number of benzene rings is 2. The Morgan fingerprint density at radius 3 is 2.46 bits per heavy atom. The average Bonchev–Trinajstić information content (AvgIpc) is 2.53. The van der Waals surface area contributed by atoms with Crippen molar-refractivity contribution in [3.8, 4) is 5.75 Å². The molecule has 1 aliphatic heterocycles. The first-order valence-corrected chi connectivity index (χ1v) is 8.69. The Labute approximate surface area is 162 Å². The minimum absolute atomic E-state index is 0.148. The molecule has 2 aromatic rings. The van der Waals surface area contributed by atoms with Gasteiger partial charge in [-0.05, 0) is 38.1 Å². The molecule has 0 spiro atoms. The van der Waals surface area contributed by atoms with Gasteiger partial charge in [-0.15, -0.1) is 0 Å². The average molecular weight is 392 g/mol. The minimum Gasteiger partial charge on any atom is -0.487 e. The van der Waals surface area contributed by atoms with Crippen molar-refractivity contribution in [1.29, 1.82) is 0 Å². The van der Waals surface area contributed by atoms with Crippen LogP contribution in [0.3, 0.4) is 0 Å². The van der Waals surface area contributed by atoms with E-state index in [4.69, 9.17) is 39.4 Å². The summed E-state index contributed by atoms with van der Waals surface area (Å²) in [5.41, 5.74) is 12.7. The molecular formula is C18H19Cl2N5O. The van der Waals surface area contributed by atoms with E-state index in [1.807, 2.05) is 44.2 Å². The zero-order chi connectivity index (χ0) is 18.9. The van der Waals surface area contributed by atoms with E-state index < -0.39 is 5.66 Å². The first-order chi connectivity index (χ1) is 12.3. The fourth-order valence-corrected chi connectivity index (χ4v) is 3.19. The molecular weight excluding hydrogens is 373 g/mol. The molecule has 0 amide bonds. The number of guanidine groups is 2. The van der Waals surface area contributed by atoms with Crippen molar-refractivity contribution in [3.05, 3.63) is 58.1 Å². The number of rotatable bonds is 4. The molecule has 8 heteroatoms. The van der Waals surface area contributed by atoms with Gasteiger partial charge in [-0.1, -0.05) is 41.4 Å².